The number of carbonyl (C=O) groups excluding carboxylic acids is 2. The third-order valence-electron chi connectivity index (χ3n) is 6.73. The highest BCUT2D eigenvalue weighted by Crippen LogP contribution is 2.38. The maximum absolute atomic E-state index is 13.2. The van der Waals surface area contributed by atoms with Crippen LogP contribution in [-0.2, 0) is 17.9 Å². The number of nitrogens with zero attached hydrogens (tertiary/aromatic N) is 3. The van der Waals surface area contributed by atoms with Gasteiger partial charge in [-0.05, 0) is 42.0 Å². The van der Waals surface area contributed by atoms with E-state index >= 15 is 0 Å². The Morgan fingerprint density at radius 1 is 1.03 bits per heavy atom. The van der Waals surface area contributed by atoms with Crippen molar-refractivity contribution in [1.29, 1.82) is 0 Å². The maximum atomic E-state index is 13.2. The minimum atomic E-state index is -0.402. The number of fused-ring (bicyclic) bond motifs is 1. The van der Waals surface area contributed by atoms with Gasteiger partial charge in [0.2, 0.25) is 5.91 Å². The molecule has 5 rings (SSSR count). The topological polar surface area (TPSA) is 84.3 Å². The van der Waals surface area contributed by atoms with Crippen molar-refractivity contribution in [2.24, 2.45) is 0 Å². The van der Waals surface area contributed by atoms with Crippen molar-refractivity contribution < 1.29 is 9.59 Å². The van der Waals surface area contributed by atoms with Crippen LogP contribution < -0.4 is 10.9 Å². The van der Waals surface area contributed by atoms with Crippen LogP contribution in [0.1, 0.15) is 48.0 Å². The first-order valence-electron chi connectivity index (χ1n) is 11.3. The van der Waals surface area contributed by atoms with Gasteiger partial charge in [-0.1, -0.05) is 43.5 Å². The van der Waals surface area contributed by atoms with Crippen LogP contribution in [0, 0.1) is 0 Å². The number of benzene rings is 1. The Hall–Kier alpha value is -3.26. The first kappa shape index (κ1) is 21.6. The second-order valence-electron chi connectivity index (χ2n) is 8.80. The summed E-state index contributed by atoms with van der Waals surface area (Å²) in [6, 6.07) is 14.7. The molecule has 2 aromatic heterocycles. The third kappa shape index (κ3) is 4.23. The van der Waals surface area contributed by atoms with Crippen molar-refractivity contribution in [2.45, 2.75) is 50.7 Å². The second kappa shape index (κ2) is 8.94. The molecule has 8 heteroatoms. The van der Waals surface area contributed by atoms with Gasteiger partial charge in [0.15, 0.2) is 0 Å². The molecule has 0 bridgehead atoms. The Labute approximate surface area is 196 Å². The molecule has 3 aromatic rings. The molecule has 1 aromatic carbocycles. The number of amides is 2. The monoisotopic (exact) mass is 462 g/mol. The van der Waals surface area contributed by atoms with E-state index < -0.39 is 5.54 Å². The van der Waals surface area contributed by atoms with E-state index in [1.54, 1.807) is 6.07 Å². The number of aromatic nitrogens is 2. The fraction of sp³-hybridized carbons (Fsp3) is 0.360. The molecule has 1 saturated carbocycles. The number of hydrogen-bond acceptors (Lipinski definition) is 5. The molecule has 170 valence electrons. The van der Waals surface area contributed by atoms with Gasteiger partial charge in [-0.2, -0.15) is 5.10 Å². The van der Waals surface area contributed by atoms with Gasteiger partial charge in [-0.3, -0.25) is 14.4 Å². The molecule has 3 heterocycles. The van der Waals surface area contributed by atoms with Crippen LogP contribution in [0.4, 0.5) is 0 Å². The number of carbonyl (C=O) groups is 2. The fourth-order valence-corrected chi connectivity index (χ4v) is 5.65. The minimum Gasteiger partial charge on any atom is -0.352 e. The van der Waals surface area contributed by atoms with Crippen molar-refractivity contribution in [3.05, 3.63) is 75.4 Å². The lowest BCUT2D eigenvalue weighted by atomic mass is 9.80. The Morgan fingerprint density at radius 2 is 1.85 bits per heavy atom. The number of rotatable bonds is 6. The van der Waals surface area contributed by atoms with Gasteiger partial charge in [0.25, 0.3) is 11.5 Å². The molecular weight excluding hydrogens is 436 g/mol. The van der Waals surface area contributed by atoms with Gasteiger partial charge >= 0.3 is 0 Å². The summed E-state index contributed by atoms with van der Waals surface area (Å²) in [5.41, 5.74) is 1.75. The quantitative estimate of drug-likeness (QED) is 0.608. The zero-order chi connectivity index (χ0) is 22.8. The van der Waals surface area contributed by atoms with Crippen molar-refractivity contribution in [3.63, 3.8) is 0 Å². The molecule has 0 spiro atoms. The summed E-state index contributed by atoms with van der Waals surface area (Å²) < 4.78 is 1.20. The largest absolute Gasteiger partial charge is 0.352 e. The van der Waals surface area contributed by atoms with E-state index in [4.69, 9.17) is 0 Å². The summed E-state index contributed by atoms with van der Waals surface area (Å²) in [7, 11) is 0. The van der Waals surface area contributed by atoms with Crippen LogP contribution in [0.15, 0.2) is 58.7 Å². The molecule has 0 unspecified atom stereocenters. The Bertz CT molecular complexity index is 1230. The van der Waals surface area contributed by atoms with Crippen LogP contribution in [0.25, 0.3) is 10.6 Å². The summed E-state index contributed by atoms with van der Waals surface area (Å²) in [5.74, 6) is -0.231. The molecule has 2 aliphatic rings. The summed E-state index contributed by atoms with van der Waals surface area (Å²) >= 11 is 1.53. The molecule has 0 atom stereocenters. The lowest BCUT2D eigenvalue weighted by Gasteiger charge is -2.44. The lowest BCUT2D eigenvalue weighted by molar-refractivity contribution is -0.122. The van der Waals surface area contributed by atoms with E-state index in [0.717, 1.165) is 48.1 Å². The highest BCUT2D eigenvalue weighted by atomic mass is 32.1. The zero-order valence-electron chi connectivity index (χ0n) is 18.3. The average Bonchev–Trinajstić information content (AvgIpc) is 3.49. The summed E-state index contributed by atoms with van der Waals surface area (Å²) in [4.78, 5) is 41.2. The van der Waals surface area contributed by atoms with Crippen LogP contribution >= 0.6 is 11.3 Å². The standard InChI is InChI=1S/C25H26N4O3S/c30-22(16-29-23(31)11-10-20(27-29)21-9-6-14-33-21)26-17-25(12-4-1-5-13-25)28-15-18-7-2-3-8-19(18)24(28)32/h2-3,6-11,14H,1,4-5,12-13,15-17H2,(H,26,30). The third-order valence-corrected chi connectivity index (χ3v) is 7.62. The molecule has 1 N–H and O–H groups in total. The van der Waals surface area contributed by atoms with Crippen LogP contribution in [-0.4, -0.2) is 38.6 Å². The molecule has 0 saturated heterocycles. The summed E-state index contributed by atoms with van der Waals surface area (Å²) in [6.07, 6.45) is 4.91. The Morgan fingerprint density at radius 3 is 2.61 bits per heavy atom. The van der Waals surface area contributed by atoms with Gasteiger partial charge in [-0.15, -0.1) is 11.3 Å². The second-order valence-corrected chi connectivity index (χ2v) is 9.75. The number of thiophene rings is 1. The van der Waals surface area contributed by atoms with E-state index in [1.165, 1.54) is 22.1 Å². The van der Waals surface area contributed by atoms with E-state index in [1.807, 2.05) is 46.7 Å². The van der Waals surface area contributed by atoms with Crippen molar-refractivity contribution in [1.82, 2.24) is 20.0 Å². The summed E-state index contributed by atoms with van der Waals surface area (Å²) in [5, 5.41) is 9.34. The van der Waals surface area contributed by atoms with E-state index in [9.17, 15) is 14.4 Å². The first-order chi connectivity index (χ1) is 16.1. The van der Waals surface area contributed by atoms with Crippen molar-refractivity contribution in [3.8, 4) is 10.6 Å². The predicted octanol–water partition coefficient (Wildman–Crippen LogP) is 3.45. The van der Waals surface area contributed by atoms with Crippen LogP contribution in [0.3, 0.4) is 0 Å². The Kier molecular flexibility index (Phi) is 5.85. The lowest BCUT2D eigenvalue weighted by Crippen LogP contribution is -2.57. The van der Waals surface area contributed by atoms with Crippen molar-refractivity contribution in [2.75, 3.05) is 6.54 Å². The summed E-state index contributed by atoms with van der Waals surface area (Å²) in [6.45, 7) is 0.808. The molecule has 0 radical (unpaired) electrons. The maximum Gasteiger partial charge on any atom is 0.267 e. The van der Waals surface area contributed by atoms with E-state index in [-0.39, 0.29) is 23.9 Å². The smallest absolute Gasteiger partial charge is 0.267 e. The van der Waals surface area contributed by atoms with Gasteiger partial charge in [0, 0.05) is 24.7 Å². The van der Waals surface area contributed by atoms with Gasteiger partial charge in [0.05, 0.1) is 10.4 Å². The molecule has 1 aliphatic heterocycles. The van der Waals surface area contributed by atoms with Crippen molar-refractivity contribution >= 4 is 23.2 Å². The van der Waals surface area contributed by atoms with Gasteiger partial charge in [-0.25, -0.2) is 4.68 Å². The SMILES string of the molecule is O=C(Cn1nc(-c2cccs2)ccc1=O)NCC1(N2Cc3ccccc3C2=O)CCCCC1. The minimum absolute atomic E-state index is 0.0447. The van der Waals surface area contributed by atoms with Gasteiger partial charge < -0.3 is 10.2 Å². The molecular formula is C25H26N4O3S. The molecule has 1 aliphatic carbocycles. The average molecular weight is 463 g/mol. The highest BCUT2D eigenvalue weighted by Gasteiger charge is 2.44. The predicted molar refractivity (Wildman–Crippen MR) is 127 cm³/mol. The highest BCUT2D eigenvalue weighted by molar-refractivity contribution is 7.13. The Balaban J connectivity index is 1.31. The van der Waals surface area contributed by atoms with Crippen LogP contribution in [0.2, 0.25) is 0 Å². The first-order valence-corrected chi connectivity index (χ1v) is 12.2. The van der Waals surface area contributed by atoms with Gasteiger partial charge in [0.1, 0.15) is 12.2 Å². The molecule has 7 nitrogen and oxygen atoms in total. The molecule has 1 fully saturated rings. The normalized spacial score (nSPS) is 17.1. The number of nitrogens with one attached hydrogen (secondary N) is 1. The number of hydrogen-bond donors (Lipinski definition) is 1. The van der Waals surface area contributed by atoms with E-state index in [0.29, 0.717) is 18.8 Å². The molecule has 2 amide bonds. The van der Waals surface area contributed by atoms with Crippen LogP contribution in [0.5, 0.6) is 0 Å². The zero-order valence-corrected chi connectivity index (χ0v) is 19.1. The van der Waals surface area contributed by atoms with E-state index in [2.05, 4.69) is 10.4 Å². The molecule has 33 heavy (non-hydrogen) atoms. The fourth-order valence-electron chi connectivity index (χ4n) is 4.96.